The van der Waals surface area contributed by atoms with Crippen molar-refractivity contribution < 1.29 is 13.2 Å². The summed E-state index contributed by atoms with van der Waals surface area (Å²) >= 11 is 17.7. The summed E-state index contributed by atoms with van der Waals surface area (Å²) in [6.07, 6.45) is -3.85. The molecule has 0 aliphatic rings. The van der Waals surface area contributed by atoms with Gasteiger partial charge in [0.15, 0.2) is 11.5 Å². The van der Waals surface area contributed by atoms with Gasteiger partial charge in [-0.3, -0.25) is 9.78 Å². The fraction of sp³-hybridized carbons (Fsp3) is 0.118. The smallest absolute Gasteiger partial charge is 0.305 e. The molecule has 10 heteroatoms. The first kappa shape index (κ1) is 19.7. The Kier molecular flexibility index (Phi) is 5.46. The van der Waals surface area contributed by atoms with Crippen LogP contribution in [0.5, 0.6) is 0 Å². The van der Waals surface area contributed by atoms with Crippen molar-refractivity contribution in [3.63, 3.8) is 0 Å². The van der Waals surface area contributed by atoms with Crippen LogP contribution < -0.4 is 5.56 Å². The molecule has 140 valence electrons. The Bertz CT molecular complexity index is 1070. The van der Waals surface area contributed by atoms with E-state index >= 15 is 0 Å². The Morgan fingerprint density at radius 3 is 2.41 bits per heavy atom. The van der Waals surface area contributed by atoms with E-state index in [9.17, 15) is 18.0 Å². The number of hydrogen-bond donors (Lipinski definition) is 1. The minimum Gasteiger partial charge on any atom is -0.305 e. The summed E-state index contributed by atoms with van der Waals surface area (Å²) in [6, 6.07) is 7.26. The Hall–Kier alpha value is -2.09. The Balaban J connectivity index is 2.15. The molecular formula is C17H9Cl3F3N3O. The number of benzene rings is 1. The lowest BCUT2D eigenvalue weighted by Gasteiger charge is -2.13. The summed E-state index contributed by atoms with van der Waals surface area (Å²) in [5.74, 6) is -0.365. The standard InChI is InChI=1S/C17H9Cl3F3N3O/c18-10-4-3-8(7-12(10)20)6-9-14(17(21,22)23)25-15(26-16(9)27)13-11(19)2-1-5-24-13/h1-5,7H,6H2,(H,25,26,27). The predicted octanol–water partition coefficient (Wildman–Crippen LogP) is 5.40. The largest absolute Gasteiger partial charge is 0.433 e. The first-order valence-corrected chi connectivity index (χ1v) is 8.55. The second-order valence-electron chi connectivity index (χ2n) is 5.50. The molecule has 0 spiro atoms. The van der Waals surface area contributed by atoms with E-state index < -0.39 is 23.0 Å². The minimum absolute atomic E-state index is 0.0529. The van der Waals surface area contributed by atoms with Gasteiger partial charge in [0.1, 0.15) is 5.69 Å². The maximum Gasteiger partial charge on any atom is 0.433 e. The van der Waals surface area contributed by atoms with Crippen LogP contribution in [0.4, 0.5) is 13.2 Å². The molecule has 0 radical (unpaired) electrons. The molecule has 0 aliphatic heterocycles. The number of rotatable bonds is 3. The number of H-pyrrole nitrogens is 1. The first-order valence-electron chi connectivity index (χ1n) is 7.42. The third-order valence-electron chi connectivity index (χ3n) is 3.63. The molecule has 1 aromatic carbocycles. The van der Waals surface area contributed by atoms with Crippen LogP contribution >= 0.6 is 34.8 Å². The quantitative estimate of drug-likeness (QED) is 0.600. The molecule has 4 nitrogen and oxygen atoms in total. The topological polar surface area (TPSA) is 58.6 Å². The number of aromatic amines is 1. The highest BCUT2D eigenvalue weighted by molar-refractivity contribution is 6.42. The highest BCUT2D eigenvalue weighted by Crippen LogP contribution is 2.32. The van der Waals surface area contributed by atoms with E-state index in [0.717, 1.165) is 0 Å². The fourth-order valence-corrected chi connectivity index (χ4v) is 2.95. The molecule has 3 rings (SSSR count). The van der Waals surface area contributed by atoms with E-state index in [1.807, 2.05) is 0 Å². The summed E-state index contributed by atoms with van der Waals surface area (Å²) < 4.78 is 40.7. The molecule has 1 N–H and O–H groups in total. The van der Waals surface area contributed by atoms with Crippen molar-refractivity contribution in [2.45, 2.75) is 12.6 Å². The summed E-state index contributed by atoms with van der Waals surface area (Å²) in [5.41, 5.74) is -2.47. The van der Waals surface area contributed by atoms with Crippen LogP contribution in [0.2, 0.25) is 15.1 Å². The molecule has 0 fully saturated rings. The molecule has 0 amide bonds. The lowest BCUT2D eigenvalue weighted by molar-refractivity contribution is -0.141. The summed E-state index contributed by atoms with van der Waals surface area (Å²) in [4.78, 5) is 22.2. The monoisotopic (exact) mass is 433 g/mol. The fourth-order valence-electron chi connectivity index (χ4n) is 2.42. The number of halogens is 6. The summed E-state index contributed by atoms with van der Waals surface area (Å²) in [7, 11) is 0. The second kappa shape index (κ2) is 7.50. The van der Waals surface area contributed by atoms with E-state index in [-0.39, 0.29) is 33.0 Å². The van der Waals surface area contributed by atoms with Crippen molar-refractivity contribution in [2.24, 2.45) is 0 Å². The van der Waals surface area contributed by atoms with Crippen LogP contribution in [0.15, 0.2) is 41.3 Å². The van der Waals surface area contributed by atoms with Gasteiger partial charge in [-0.15, -0.1) is 0 Å². The highest BCUT2D eigenvalue weighted by atomic mass is 35.5. The third kappa shape index (κ3) is 4.26. The Labute approximate surface area is 166 Å². The van der Waals surface area contributed by atoms with Crippen molar-refractivity contribution in [1.29, 1.82) is 0 Å². The van der Waals surface area contributed by atoms with Crippen LogP contribution in [0.3, 0.4) is 0 Å². The number of nitrogens with zero attached hydrogens (tertiary/aromatic N) is 2. The van der Waals surface area contributed by atoms with Crippen molar-refractivity contribution in [2.75, 3.05) is 0 Å². The zero-order valence-corrected chi connectivity index (χ0v) is 15.5. The number of hydrogen-bond acceptors (Lipinski definition) is 3. The highest BCUT2D eigenvalue weighted by Gasteiger charge is 2.37. The number of aromatic nitrogens is 3. The molecule has 0 bridgehead atoms. The van der Waals surface area contributed by atoms with Gasteiger partial charge in [-0.25, -0.2) is 4.98 Å². The van der Waals surface area contributed by atoms with Crippen LogP contribution in [-0.2, 0) is 12.6 Å². The van der Waals surface area contributed by atoms with E-state index in [1.54, 1.807) is 0 Å². The van der Waals surface area contributed by atoms with Gasteiger partial charge in [0.25, 0.3) is 5.56 Å². The van der Waals surface area contributed by atoms with Crippen LogP contribution in [0.1, 0.15) is 16.8 Å². The van der Waals surface area contributed by atoms with Crippen LogP contribution in [0.25, 0.3) is 11.5 Å². The molecule has 0 atom stereocenters. The van der Waals surface area contributed by atoms with E-state index in [2.05, 4.69) is 15.0 Å². The number of pyridine rings is 1. The summed E-state index contributed by atoms with van der Waals surface area (Å²) in [6.45, 7) is 0. The van der Waals surface area contributed by atoms with Crippen LogP contribution in [-0.4, -0.2) is 15.0 Å². The third-order valence-corrected chi connectivity index (χ3v) is 4.68. The molecule has 0 saturated carbocycles. The van der Waals surface area contributed by atoms with Gasteiger partial charge >= 0.3 is 6.18 Å². The van der Waals surface area contributed by atoms with Gasteiger partial charge in [-0.2, -0.15) is 13.2 Å². The van der Waals surface area contributed by atoms with Gasteiger partial charge in [0.2, 0.25) is 0 Å². The van der Waals surface area contributed by atoms with Crippen LogP contribution in [0, 0.1) is 0 Å². The molecular weight excluding hydrogens is 426 g/mol. The maximum atomic E-state index is 13.6. The van der Waals surface area contributed by atoms with Crippen molar-refractivity contribution in [3.05, 3.63) is 78.8 Å². The maximum absolute atomic E-state index is 13.6. The lowest BCUT2D eigenvalue weighted by Crippen LogP contribution is -2.24. The van der Waals surface area contributed by atoms with Gasteiger partial charge in [-0.1, -0.05) is 40.9 Å². The van der Waals surface area contributed by atoms with Gasteiger partial charge in [-0.05, 0) is 29.8 Å². The number of nitrogens with one attached hydrogen (secondary N) is 1. The average Bonchev–Trinajstić information content (AvgIpc) is 2.59. The average molecular weight is 435 g/mol. The first-order chi connectivity index (χ1) is 12.7. The molecule has 0 saturated heterocycles. The van der Waals surface area contributed by atoms with Gasteiger partial charge < -0.3 is 4.98 Å². The number of alkyl halides is 3. The normalized spacial score (nSPS) is 11.6. The Morgan fingerprint density at radius 2 is 1.78 bits per heavy atom. The SMILES string of the molecule is O=c1[nH]c(-c2ncccc2Cl)nc(C(F)(F)F)c1Cc1ccc(Cl)c(Cl)c1. The minimum atomic E-state index is -4.85. The lowest BCUT2D eigenvalue weighted by atomic mass is 10.0. The van der Waals surface area contributed by atoms with E-state index in [4.69, 9.17) is 34.8 Å². The molecule has 0 unspecified atom stereocenters. The second-order valence-corrected chi connectivity index (χ2v) is 6.72. The van der Waals surface area contributed by atoms with Crippen molar-refractivity contribution >= 4 is 34.8 Å². The van der Waals surface area contributed by atoms with E-state index in [0.29, 0.717) is 5.56 Å². The molecule has 2 aromatic heterocycles. The Morgan fingerprint density at radius 1 is 1.04 bits per heavy atom. The van der Waals surface area contributed by atoms with Gasteiger partial charge in [0.05, 0.1) is 20.6 Å². The predicted molar refractivity (Wildman–Crippen MR) is 97.4 cm³/mol. The molecule has 0 aliphatic carbocycles. The molecule has 3 aromatic rings. The summed E-state index contributed by atoms with van der Waals surface area (Å²) in [5, 5.41) is 0.485. The molecule has 2 heterocycles. The van der Waals surface area contributed by atoms with Crippen molar-refractivity contribution in [1.82, 2.24) is 15.0 Å². The van der Waals surface area contributed by atoms with E-state index in [1.165, 1.54) is 36.5 Å². The zero-order valence-electron chi connectivity index (χ0n) is 13.2. The molecule has 27 heavy (non-hydrogen) atoms. The van der Waals surface area contributed by atoms with Gasteiger partial charge in [0, 0.05) is 12.6 Å². The zero-order chi connectivity index (χ0) is 19.8. The van der Waals surface area contributed by atoms with Crippen molar-refractivity contribution in [3.8, 4) is 11.5 Å².